The molecule has 2 atom stereocenters. The Balaban J connectivity index is 2.15. The molecule has 1 saturated heterocycles. The van der Waals surface area contributed by atoms with Crippen LogP contribution in [0.15, 0.2) is 18.2 Å². The van der Waals surface area contributed by atoms with Crippen LogP contribution in [0, 0.1) is 0 Å². The van der Waals surface area contributed by atoms with Gasteiger partial charge in [-0.05, 0) is 52.4 Å². The zero-order valence-corrected chi connectivity index (χ0v) is 13.7. The molecule has 1 aromatic carbocycles. The molecule has 1 aliphatic heterocycles. The lowest BCUT2D eigenvalue weighted by Crippen LogP contribution is -2.34. The van der Waals surface area contributed by atoms with Gasteiger partial charge in [-0.1, -0.05) is 6.07 Å². The average Bonchev–Trinajstić information content (AvgIpc) is 2.82. The molecule has 1 aromatic rings. The molecular weight excluding hydrogens is 264 g/mol. The van der Waals surface area contributed by atoms with Crippen LogP contribution in [-0.4, -0.2) is 45.3 Å². The van der Waals surface area contributed by atoms with Gasteiger partial charge in [0.1, 0.15) is 11.5 Å². The molecule has 0 amide bonds. The topological polar surface area (TPSA) is 33.7 Å². The molecule has 0 radical (unpaired) electrons. The highest BCUT2D eigenvalue weighted by Gasteiger charge is 2.24. The van der Waals surface area contributed by atoms with Crippen molar-refractivity contribution in [2.75, 3.05) is 34.4 Å². The van der Waals surface area contributed by atoms with Gasteiger partial charge < -0.3 is 14.8 Å². The van der Waals surface area contributed by atoms with Crippen LogP contribution >= 0.6 is 0 Å². The molecule has 2 unspecified atom stereocenters. The summed E-state index contributed by atoms with van der Waals surface area (Å²) in [6.45, 7) is 4.51. The third kappa shape index (κ3) is 3.89. The highest BCUT2D eigenvalue weighted by atomic mass is 16.5. The standard InChI is InChI=1S/C17H28N2O2/c1-13(19(2)14-6-5-10-18-11-9-14)16-8-7-15(20-3)12-17(16)21-4/h7-8,12-14,18H,5-6,9-11H2,1-4H3. The van der Waals surface area contributed by atoms with E-state index in [1.165, 1.54) is 24.8 Å². The molecule has 0 aliphatic carbocycles. The fraction of sp³-hybridized carbons (Fsp3) is 0.647. The SMILES string of the molecule is COc1ccc(C(C)N(C)C2CCCNCC2)c(OC)c1. The van der Waals surface area contributed by atoms with Crippen molar-refractivity contribution in [3.63, 3.8) is 0 Å². The molecular formula is C17H28N2O2. The summed E-state index contributed by atoms with van der Waals surface area (Å²) < 4.78 is 10.8. The first kappa shape index (κ1) is 16.1. The van der Waals surface area contributed by atoms with Crippen molar-refractivity contribution in [3.8, 4) is 11.5 Å². The van der Waals surface area contributed by atoms with Crippen LogP contribution in [0.1, 0.15) is 37.8 Å². The summed E-state index contributed by atoms with van der Waals surface area (Å²) in [5.74, 6) is 1.74. The van der Waals surface area contributed by atoms with E-state index in [-0.39, 0.29) is 0 Å². The van der Waals surface area contributed by atoms with Gasteiger partial charge in [0.05, 0.1) is 14.2 Å². The molecule has 21 heavy (non-hydrogen) atoms. The minimum Gasteiger partial charge on any atom is -0.497 e. The Kier molecular flexibility index (Phi) is 5.88. The number of hydrogen-bond acceptors (Lipinski definition) is 4. The summed E-state index contributed by atoms with van der Waals surface area (Å²) in [4.78, 5) is 2.48. The quantitative estimate of drug-likeness (QED) is 0.905. The van der Waals surface area contributed by atoms with Gasteiger partial charge >= 0.3 is 0 Å². The largest absolute Gasteiger partial charge is 0.497 e. The second kappa shape index (κ2) is 7.66. The molecule has 1 heterocycles. The van der Waals surface area contributed by atoms with E-state index < -0.39 is 0 Å². The molecule has 4 nitrogen and oxygen atoms in total. The van der Waals surface area contributed by atoms with Gasteiger partial charge in [-0.3, -0.25) is 4.90 Å². The van der Waals surface area contributed by atoms with E-state index in [2.05, 4.69) is 30.3 Å². The lowest BCUT2D eigenvalue weighted by molar-refractivity contribution is 0.168. The number of methoxy groups -OCH3 is 2. The van der Waals surface area contributed by atoms with E-state index in [0.29, 0.717) is 12.1 Å². The highest BCUT2D eigenvalue weighted by molar-refractivity contribution is 5.42. The summed E-state index contributed by atoms with van der Waals surface area (Å²) in [5.41, 5.74) is 1.22. The Morgan fingerprint density at radius 2 is 2.00 bits per heavy atom. The van der Waals surface area contributed by atoms with Gasteiger partial charge in [-0.25, -0.2) is 0 Å². The van der Waals surface area contributed by atoms with E-state index in [9.17, 15) is 0 Å². The maximum atomic E-state index is 5.55. The smallest absolute Gasteiger partial charge is 0.127 e. The molecule has 0 spiro atoms. The van der Waals surface area contributed by atoms with Crippen molar-refractivity contribution in [2.24, 2.45) is 0 Å². The number of ether oxygens (including phenoxy) is 2. The second-order valence-corrected chi connectivity index (χ2v) is 5.78. The van der Waals surface area contributed by atoms with Gasteiger partial charge in [0, 0.05) is 23.7 Å². The van der Waals surface area contributed by atoms with Crippen molar-refractivity contribution in [2.45, 2.75) is 38.3 Å². The second-order valence-electron chi connectivity index (χ2n) is 5.78. The van der Waals surface area contributed by atoms with Crippen LogP contribution in [0.25, 0.3) is 0 Å². The molecule has 118 valence electrons. The molecule has 2 rings (SSSR count). The molecule has 1 N–H and O–H groups in total. The van der Waals surface area contributed by atoms with E-state index in [1.807, 2.05) is 12.1 Å². The fourth-order valence-corrected chi connectivity index (χ4v) is 3.11. The van der Waals surface area contributed by atoms with Crippen LogP contribution in [-0.2, 0) is 0 Å². The summed E-state index contributed by atoms with van der Waals surface area (Å²) in [6.07, 6.45) is 3.72. The summed E-state index contributed by atoms with van der Waals surface area (Å²) in [6, 6.07) is 7.05. The minimum atomic E-state index is 0.328. The zero-order valence-electron chi connectivity index (χ0n) is 13.7. The average molecular weight is 292 g/mol. The number of rotatable bonds is 5. The lowest BCUT2D eigenvalue weighted by atomic mass is 10.0. The van der Waals surface area contributed by atoms with Gasteiger partial charge in [0.15, 0.2) is 0 Å². The van der Waals surface area contributed by atoms with Gasteiger partial charge in [0.25, 0.3) is 0 Å². The normalized spacial score (nSPS) is 20.9. The third-order valence-corrected chi connectivity index (χ3v) is 4.62. The zero-order chi connectivity index (χ0) is 15.2. The number of hydrogen-bond donors (Lipinski definition) is 1. The Hall–Kier alpha value is -1.26. The number of nitrogens with zero attached hydrogens (tertiary/aromatic N) is 1. The van der Waals surface area contributed by atoms with Crippen molar-refractivity contribution in [1.29, 1.82) is 0 Å². The van der Waals surface area contributed by atoms with Crippen LogP contribution in [0.2, 0.25) is 0 Å². The molecule has 4 heteroatoms. The first-order valence-corrected chi connectivity index (χ1v) is 7.82. The Morgan fingerprint density at radius 1 is 1.19 bits per heavy atom. The first-order valence-electron chi connectivity index (χ1n) is 7.82. The van der Waals surface area contributed by atoms with Crippen LogP contribution in [0.5, 0.6) is 11.5 Å². The minimum absolute atomic E-state index is 0.328. The van der Waals surface area contributed by atoms with Gasteiger partial charge in [-0.15, -0.1) is 0 Å². The van der Waals surface area contributed by atoms with Crippen molar-refractivity contribution >= 4 is 0 Å². The van der Waals surface area contributed by atoms with Crippen molar-refractivity contribution < 1.29 is 9.47 Å². The van der Waals surface area contributed by atoms with Gasteiger partial charge in [0.2, 0.25) is 0 Å². The molecule has 0 aromatic heterocycles. The van der Waals surface area contributed by atoms with E-state index in [4.69, 9.17) is 9.47 Å². The maximum absolute atomic E-state index is 5.55. The Labute approximate surface area is 128 Å². The number of nitrogens with one attached hydrogen (secondary N) is 1. The molecule has 0 saturated carbocycles. The summed E-state index contributed by atoms with van der Waals surface area (Å²) >= 11 is 0. The molecule has 0 bridgehead atoms. The van der Waals surface area contributed by atoms with Crippen molar-refractivity contribution in [3.05, 3.63) is 23.8 Å². The van der Waals surface area contributed by atoms with Gasteiger partial charge in [-0.2, -0.15) is 0 Å². The van der Waals surface area contributed by atoms with Crippen LogP contribution in [0.4, 0.5) is 0 Å². The Morgan fingerprint density at radius 3 is 2.71 bits per heavy atom. The highest BCUT2D eigenvalue weighted by Crippen LogP contribution is 2.33. The van der Waals surface area contributed by atoms with Crippen LogP contribution < -0.4 is 14.8 Å². The predicted molar refractivity (Wildman–Crippen MR) is 86.2 cm³/mol. The third-order valence-electron chi connectivity index (χ3n) is 4.62. The summed E-state index contributed by atoms with van der Waals surface area (Å²) in [7, 11) is 5.63. The molecule has 1 aliphatic rings. The summed E-state index contributed by atoms with van der Waals surface area (Å²) in [5, 5.41) is 3.48. The maximum Gasteiger partial charge on any atom is 0.127 e. The number of benzene rings is 1. The van der Waals surface area contributed by atoms with E-state index in [0.717, 1.165) is 24.6 Å². The Bertz CT molecular complexity index is 442. The van der Waals surface area contributed by atoms with Crippen molar-refractivity contribution in [1.82, 2.24) is 10.2 Å². The fourth-order valence-electron chi connectivity index (χ4n) is 3.11. The predicted octanol–water partition coefficient (Wildman–Crippen LogP) is 2.84. The lowest BCUT2D eigenvalue weighted by Gasteiger charge is -2.33. The van der Waals surface area contributed by atoms with E-state index in [1.54, 1.807) is 14.2 Å². The monoisotopic (exact) mass is 292 g/mol. The van der Waals surface area contributed by atoms with E-state index >= 15 is 0 Å². The molecule has 1 fully saturated rings. The first-order chi connectivity index (χ1) is 10.2. The van der Waals surface area contributed by atoms with Crippen LogP contribution in [0.3, 0.4) is 0 Å².